The van der Waals surface area contributed by atoms with Crippen molar-refractivity contribution in [3.63, 3.8) is 0 Å². The molecule has 0 aliphatic carbocycles. The molecule has 0 atom stereocenters. The molecular weight excluding hydrogens is 390 g/mol. The first-order chi connectivity index (χ1) is 15.1. The van der Waals surface area contributed by atoms with E-state index in [1.807, 2.05) is 60.7 Å². The van der Waals surface area contributed by atoms with Crippen molar-refractivity contribution in [3.05, 3.63) is 78.4 Å². The average Bonchev–Trinajstić information content (AvgIpc) is 2.82. The first-order valence-corrected chi connectivity index (χ1v) is 10.2. The highest BCUT2D eigenvalue weighted by Crippen LogP contribution is 2.33. The molecule has 0 fully saturated rings. The molecular formula is C26H23NO4. The van der Waals surface area contributed by atoms with Crippen molar-refractivity contribution in [2.24, 2.45) is 0 Å². The van der Waals surface area contributed by atoms with E-state index >= 15 is 0 Å². The third-order valence-corrected chi connectivity index (χ3v) is 5.09. The Morgan fingerprint density at radius 1 is 0.935 bits per heavy atom. The molecule has 0 saturated heterocycles. The fraction of sp³-hybridized carbons (Fsp3) is 0.154. The van der Waals surface area contributed by atoms with E-state index in [-0.39, 0.29) is 5.56 Å². The lowest BCUT2D eigenvalue weighted by molar-refractivity contribution is 0.0699. The van der Waals surface area contributed by atoms with Crippen LogP contribution in [0.1, 0.15) is 23.7 Å². The minimum absolute atomic E-state index is 0.223. The van der Waals surface area contributed by atoms with E-state index in [4.69, 9.17) is 14.5 Å². The van der Waals surface area contributed by atoms with Crippen LogP contribution in [0.15, 0.2) is 72.8 Å². The van der Waals surface area contributed by atoms with Gasteiger partial charge in [-0.1, -0.05) is 37.3 Å². The number of hydrogen-bond donors (Lipinski definition) is 1. The summed E-state index contributed by atoms with van der Waals surface area (Å²) < 4.78 is 10.9. The van der Waals surface area contributed by atoms with Crippen LogP contribution >= 0.6 is 0 Å². The van der Waals surface area contributed by atoms with E-state index in [0.29, 0.717) is 23.2 Å². The second-order valence-corrected chi connectivity index (χ2v) is 7.16. The molecule has 3 aromatic carbocycles. The highest BCUT2D eigenvalue weighted by molar-refractivity contribution is 6.07. The standard InChI is InChI=1S/C26H23NO4/c1-3-15-31-20-13-7-17(8-14-20)21-5-4-6-22-23(26(28)29)16-24(27-25(21)22)18-9-11-19(30-2)12-10-18/h4-14,16H,3,15H2,1-2H3,(H,28,29). The van der Waals surface area contributed by atoms with E-state index in [0.717, 1.165) is 34.6 Å². The number of carboxylic acid groups (broad SMARTS) is 1. The molecule has 0 spiro atoms. The number of rotatable bonds is 7. The summed E-state index contributed by atoms with van der Waals surface area (Å²) in [4.78, 5) is 16.9. The zero-order valence-corrected chi connectivity index (χ0v) is 17.5. The number of nitrogens with zero attached hydrogens (tertiary/aromatic N) is 1. The second kappa shape index (κ2) is 8.88. The molecule has 4 aromatic rings. The van der Waals surface area contributed by atoms with Crippen molar-refractivity contribution in [2.45, 2.75) is 13.3 Å². The minimum atomic E-state index is -0.984. The quantitative estimate of drug-likeness (QED) is 0.399. The molecule has 0 unspecified atom stereocenters. The van der Waals surface area contributed by atoms with Gasteiger partial charge in [0.15, 0.2) is 0 Å². The normalized spacial score (nSPS) is 10.8. The summed E-state index contributed by atoms with van der Waals surface area (Å²) in [5.41, 5.74) is 4.12. The van der Waals surface area contributed by atoms with Gasteiger partial charge in [0.1, 0.15) is 11.5 Å². The minimum Gasteiger partial charge on any atom is -0.497 e. The number of aromatic carboxylic acids is 1. The summed E-state index contributed by atoms with van der Waals surface area (Å²) in [6, 6.07) is 22.5. The van der Waals surface area contributed by atoms with Gasteiger partial charge in [-0.25, -0.2) is 9.78 Å². The maximum Gasteiger partial charge on any atom is 0.336 e. The monoisotopic (exact) mass is 413 g/mol. The molecule has 0 saturated carbocycles. The van der Waals surface area contributed by atoms with Gasteiger partial charge in [-0.05, 0) is 54.4 Å². The van der Waals surface area contributed by atoms with Crippen LogP contribution in [-0.2, 0) is 0 Å². The molecule has 5 nitrogen and oxygen atoms in total. The van der Waals surface area contributed by atoms with Crippen molar-refractivity contribution >= 4 is 16.9 Å². The van der Waals surface area contributed by atoms with Gasteiger partial charge in [-0.15, -0.1) is 0 Å². The molecule has 1 aromatic heterocycles. The Bertz CT molecular complexity index is 1210. The molecule has 31 heavy (non-hydrogen) atoms. The smallest absolute Gasteiger partial charge is 0.336 e. The molecule has 4 rings (SSSR count). The van der Waals surface area contributed by atoms with Crippen LogP contribution in [-0.4, -0.2) is 29.8 Å². The van der Waals surface area contributed by atoms with Crippen molar-refractivity contribution < 1.29 is 19.4 Å². The summed E-state index contributed by atoms with van der Waals surface area (Å²) in [5.74, 6) is 0.556. The molecule has 156 valence electrons. The number of aromatic nitrogens is 1. The summed E-state index contributed by atoms with van der Waals surface area (Å²) >= 11 is 0. The Kier molecular flexibility index (Phi) is 5.85. The molecule has 0 radical (unpaired) electrons. The third-order valence-electron chi connectivity index (χ3n) is 5.09. The lowest BCUT2D eigenvalue weighted by Gasteiger charge is -2.12. The number of pyridine rings is 1. The number of para-hydroxylation sites is 1. The van der Waals surface area contributed by atoms with E-state index in [1.165, 1.54) is 0 Å². The zero-order chi connectivity index (χ0) is 21.8. The molecule has 0 bridgehead atoms. The SMILES string of the molecule is CCCOc1ccc(-c2cccc3c(C(=O)O)cc(-c4ccc(OC)cc4)nc23)cc1. The predicted octanol–water partition coefficient (Wildman–Crippen LogP) is 6.06. The molecule has 1 N–H and O–H groups in total. The van der Waals surface area contributed by atoms with Crippen LogP contribution in [0, 0.1) is 0 Å². The fourth-order valence-corrected chi connectivity index (χ4v) is 3.52. The van der Waals surface area contributed by atoms with Crippen LogP contribution < -0.4 is 9.47 Å². The highest BCUT2D eigenvalue weighted by Gasteiger charge is 2.16. The van der Waals surface area contributed by atoms with Gasteiger partial charge >= 0.3 is 5.97 Å². The summed E-state index contributed by atoms with van der Waals surface area (Å²) in [5, 5.41) is 10.5. The summed E-state index contributed by atoms with van der Waals surface area (Å²) in [7, 11) is 1.61. The lowest BCUT2D eigenvalue weighted by Crippen LogP contribution is -2.01. The van der Waals surface area contributed by atoms with Crippen molar-refractivity contribution in [2.75, 3.05) is 13.7 Å². The van der Waals surface area contributed by atoms with E-state index in [9.17, 15) is 9.90 Å². The van der Waals surface area contributed by atoms with E-state index < -0.39 is 5.97 Å². The highest BCUT2D eigenvalue weighted by atomic mass is 16.5. The Morgan fingerprint density at radius 3 is 2.26 bits per heavy atom. The number of methoxy groups -OCH3 is 1. The van der Waals surface area contributed by atoms with Gasteiger partial charge in [-0.3, -0.25) is 0 Å². The number of fused-ring (bicyclic) bond motifs is 1. The predicted molar refractivity (Wildman–Crippen MR) is 122 cm³/mol. The molecule has 5 heteroatoms. The number of hydrogen-bond acceptors (Lipinski definition) is 4. The van der Waals surface area contributed by atoms with Crippen LogP contribution in [0.25, 0.3) is 33.3 Å². The zero-order valence-electron chi connectivity index (χ0n) is 17.5. The summed E-state index contributed by atoms with van der Waals surface area (Å²) in [6.45, 7) is 2.74. The van der Waals surface area contributed by atoms with Gasteiger partial charge in [0.25, 0.3) is 0 Å². The molecule has 1 heterocycles. The Labute approximate surface area is 180 Å². The van der Waals surface area contributed by atoms with Gasteiger partial charge in [0.05, 0.1) is 30.5 Å². The molecule has 0 amide bonds. The second-order valence-electron chi connectivity index (χ2n) is 7.16. The van der Waals surface area contributed by atoms with Gasteiger partial charge in [-0.2, -0.15) is 0 Å². The number of carbonyl (C=O) groups is 1. The van der Waals surface area contributed by atoms with E-state index in [1.54, 1.807) is 19.2 Å². The van der Waals surface area contributed by atoms with Crippen LogP contribution in [0.5, 0.6) is 11.5 Å². The fourth-order valence-electron chi connectivity index (χ4n) is 3.52. The summed E-state index contributed by atoms with van der Waals surface area (Å²) in [6.07, 6.45) is 0.946. The Morgan fingerprint density at radius 2 is 1.61 bits per heavy atom. The van der Waals surface area contributed by atoms with E-state index in [2.05, 4.69) is 6.92 Å². The maximum atomic E-state index is 12.0. The van der Waals surface area contributed by atoms with Crippen LogP contribution in [0.3, 0.4) is 0 Å². The third kappa shape index (κ3) is 4.21. The number of carboxylic acids is 1. The Hall–Kier alpha value is -3.86. The van der Waals surface area contributed by atoms with Gasteiger partial charge < -0.3 is 14.6 Å². The van der Waals surface area contributed by atoms with Crippen molar-refractivity contribution in [1.29, 1.82) is 0 Å². The maximum absolute atomic E-state index is 12.0. The van der Waals surface area contributed by atoms with Crippen LogP contribution in [0.2, 0.25) is 0 Å². The van der Waals surface area contributed by atoms with Crippen molar-refractivity contribution in [3.8, 4) is 33.9 Å². The number of ether oxygens (including phenoxy) is 2. The van der Waals surface area contributed by atoms with Gasteiger partial charge in [0, 0.05) is 16.5 Å². The van der Waals surface area contributed by atoms with Gasteiger partial charge in [0.2, 0.25) is 0 Å². The lowest BCUT2D eigenvalue weighted by atomic mass is 9.97. The van der Waals surface area contributed by atoms with Crippen molar-refractivity contribution in [1.82, 2.24) is 4.98 Å². The largest absolute Gasteiger partial charge is 0.497 e. The first kappa shape index (κ1) is 20.4. The first-order valence-electron chi connectivity index (χ1n) is 10.2. The topological polar surface area (TPSA) is 68.7 Å². The number of benzene rings is 3. The van der Waals surface area contributed by atoms with Crippen LogP contribution in [0.4, 0.5) is 0 Å². The average molecular weight is 413 g/mol. The molecule has 0 aliphatic heterocycles. The Balaban J connectivity index is 1.86. The molecule has 0 aliphatic rings.